The summed E-state index contributed by atoms with van der Waals surface area (Å²) in [5, 5.41) is 6.17. The lowest BCUT2D eigenvalue weighted by atomic mass is 10.0. The van der Waals surface area contributed by atoms with E-state index in [1.165, 1.54) is 18.3 Å². The largest absolute Gasteiger partial charge is 0.326 e. The molecule has 1 aliphatic rings. The number of hydrogen-bond donors (Lipinski definition) is 4. The Morgan fingerprint density at radius 3 is 2.70 bits per heavy atom. The average Bonchev–Trinajstić information content (AvgIpc) is 3.28. The predicted molar refractivity (Wildman–Crippen MR) is 106 cm³/mol. The smallest absolute Gasteiger partial charge is 0.244 e. The molecule has 2 atom stereocenters. The molecule has 7 nitrogen and oxygen atoms in total. The molecule has 138 valence electrons. The van der Waals surface area contributed by atoms with E-state index < -0.39 is 0 Å². The van der Waals surface area contributed by atoms with Crippen molar-refractivity contribution < 1.29 is 9.59 Å². The van der Waals surface area contributed by atoms with Gasteiger partial charge in [-0.2, -0.15) is 0 Å². The molecule has 1 aromatic heterocycles. The molecule has 2 unspecified atom stereocenters. The Morgan fingerprint density at radius 1 is 1.11 bits per heavy atom. The van der Waals surface area contributed by atoms with Gasteiger partial charge in [0.1, 0.15) is 6.04 Å². The zero-order valence-corrected chi connectivity index (χ0v) is 15.5. The highest BCUT2D eigenvalue weighted by Crippen LogP contribution is 2.29. The van der Waals surface area contributed by atoms with E-state index in [2.05, 4.69) is 26.5 Å². The zero-order valence-electron chi connectivity index (χ0n) is 14.7. The number of carbonyl (C=O) groups is 2. The van der Waals surface area contributed by atoms with Crippen LogP contribution in [-0.2, 0) is 9.59 Å². The fourth-order valence-electron chi connectivity index (χ4n) is 3.08. The minimum atomic E-state index is -0.336. The van der Waals surface area contributed by atoms with Crippen molar-refractivity contribution in [3.8, 4) is 0 Å². The Labute approximate surface area is 160 Å². The lowest BCUT2D eigenvalue weighted by molar-refractivity contribution is -0.118. The van der Waals surface area contributed by atoms with Gasteiger partial charge in [-0.15, -0.1) is 0 Å². The molecular weight excluding hydrogens is 362 g/mol. The summed E-state index contributed by atoms with van der Waals surface area (Å²) in [5.41, 5.74) is 8.87. The van der Waals surface area contributed by atoms with Crippen LogP contribution in [-0.4, -0.2) is 22.8 Å². The maximum Gasteiger partial charge on any atom is 0.244 e. The Hall–Kier alpha value is -2.81. The quantitative estimate of drug-likeness (QED) is 0.557. The van der Waals surface area contributed by atoms with Crippen LogP contribution in [0, 0.1) is 0 Å². The molecule has 2 aromatic carbocycles. The number of rotatable bonds is 4. The summed E-state index contributed by atoms with van der Waals surface area (Å²) in [5.74, 6) is -0.248. The molecule has 1 aliphatic heterocycles. The van der Waals surface area contributed by atoms with Crippen molar-refractivity contribution in [2.75, 3.05) is 10.6 Å². The summed E-state index contributed by atoms with van der Waals surface area (Å²) >= 11 is 1.38. The molecule has 2 amide bonds. The molecule has 8 heteroatoms. The van der Waals surface area contributed by atoms with Crippen LogP contribution in [0.3, 0.4) is 0 Å². The number of fused-ring (bicyclic) bond motifs is 1. The molecular formula is C19H19N5O2S. The number of nitrogens with zero attached hydrogens (tertiary/aromatic N) is 1. The maximum absolute atomic E-state index is 12.6. The van der Waals surface area contributed by atoms with Crippen LogP contribution in [0.1, 0.15) is 24.9 Å². The molecule has 0 saturated carbocycles. The van der Waals surface area contributed by atoms with Gasteiger partial charge in [0, 0.05) is 18.7 Å². The zero-order chi connectivity index (χ0) is 18.8. The number of aromatic nitrogens is 1. The predicted octanol–water partition coefficient (Wildman–Crippen LogP) is 2.80. The lowest BCUT2D eigenvalue weighted by Gasteiger charge is -2.09. The topological polar surface area (TPSA) is 95.2 Å². The molecule has 0 spiro atoms. The molecule has 27 heavy (non-hydrogen) atoms. The first-order chi connectivity index (χ1) is 13.1. The molecule has 0 radical (unpaired) electrons. The number of hydrazine groups is 1. The Kier molecular flexibility index (Phi) is 4.85. The van der Waals surface area contributed by atoms with Gasteiger partial charge in [-0.05, 0) is 30.2 Å². The van der Waals surface area contributed by atoms with E-state index in [0.717, 1.165) is 15.8 Å². The second kappa shape index (κ2) is 7.43. The highest BCUT2D eigenvalue weighted by molar-refractivity contribution is 7.22. The third kappa shape index (κ3) is 3.97. The normalized spacial score (nSPS) is 19.1. The minimum absolute atomic E-state index is 0.0949. The van der Waals surface area contributed by atoms with Crippen molar-refractivity contribution in [2.24, 2.45) is 0 Å². The number of thiazole rings is 1. The van der Waals surface area contributed by atoms with Crippen LogP contribution in [0.4, 0.5) is 10.8 Å². The second-order valence-corrected chi connectivity index (χ2v) is 7.44. The molecule has 4 N–H and O–H groups in total. The fourth-order valence-corrected chi connectivity index (χ4v) is 3.99. The first kappa shape index (κ1) is 17.6. The van der Waals surface area contributed by atoms with Gasteiger partial charge in [0.2, 0.25) is 11.8 Å². The average molecular weight is 381 g/mol. The van der Waals surface area contributed by atoms with Crippen molar-refractivity contribution in [3.05, 3.63) is 54.1 Å². The van der Waals surface area contributed by atoms with Crippen LogP contribution in [0.15, 0.2) is 48.5 Å². The number of carbonyl (C=O) groups excluding carboxylic acids is 2. The van der Waals surface area contributed by atoms with Gasteiger partial charge in [-0.25, -0.2) is 15.8 Å². The van der Waals surface area contributed by atoms with Crippen molar-refractivity contribution in [1.82, 2.24) is 15.8 Å². The molecule has 3 aromatic rings. The van der Waals surface area contributed by atoms with E-state index in [9.17, 15) is 9.59 Å². The van der Waals surface area contributed by atoms with E-state index in [1.54, 1.807) is 6.07 Å². The van der Waals surface area contributed by atoms with Crippen molar-refractivity contribution >= 4 is 44.2 Å². The minimum Gasteiger partial charge on any atom is -0.326 e. The van der Waals surface area contributed by atoms with E-state index in [0.29, 0.717) is 17.2 Å². The molecule has 1 fully saturated rings. The molecule has 1 saturated heterocycles. The van der Waals surface area contributed by atoms with E-state index >= 15 is 0 Å². The van der Waals surface area contributed by atoms with Crippen molar-refractivity contribution in [1.29, 1.82) is 0 Å². The summed E-state index contributed by atoms with van der Waals surface area (Å²) in [6.07, 6.45) is 0.660. The third-order valence-corrected chi connectivity index (χ3v) is 5.29. The van der Waals surface area contributed by atoms with Gasteiger partial charge in [0.25, 0.3) is 0 Å². The van der Waals surface area contributed by atoms with Crippen molar-refractivity contribution in [3.63, 3.8) is 0 Å². The number of hydrogen-bond acceptors (Lipinski definition) is 6. The van der Waals surface area contributed by atoms with Crippen LogP contribution >= 0.6 is 11.3 Å². The third-order valence-electron chi connectivity index (χ3n) is 4.36. The first-order valence-corrected chi connectivity index (χ1v) is 9.45. The highest BCUT2D eigenvalue weighted by atomic mass is 32.1. The molecule has 4 rings (SSSR count). The standard InChI is InChI=1S/C19H19N5O2S/c1-11(25)20-13-7-8-14-17(9-13)27-19(21-14)22-18(26)16-10-15(23-24-16)12-5-3-2-4-6-12/h2-9,15-16,23-24H,10H2,1H3,(H,20,25)(H,21,22,26). The number of amides is 2. The molecule has 2 heterocycles. The first-order valence-electron chi connectivity index (χ1n) is 8.63. The number of anilines is 2. The monoisotopic (exact) mass is 381 g/mol. The Morgan fingerprint density at radius 2 is 1.93 bits per heavy atom. The van der Waals surface area contributed by atoms with Gasteiger partial charge in [0.15, 0.2) is 5.13 Å². The second-order valence-electron chi connectivity index (χ2n) is 6.41. The van der Waals surface area contributed by atoms with E-state index in [1.807, 2.05) is 42.5 Å². The number of nitrogens with one attached hydrogen (secondary N) is 4. The highest BCUT2D eigenvalue weighted by Gasteiger charge is 2.30. The van der Waals surface area contributed by atoms with Crippen LogP contribution in [0.25, 0.3) is 10.2 Å². The Bertz CT molecular complexity index is 988. The van der Waals surface area contributed by atoms with E-state index in [4.69, 9.17) is 0 Å². The van der Waals surface area contributed by atoms with Gasteiger partial charge in [-0.3, -0.25) is 9.59 Å². The maximum atomic E-state index is 12.6. The van der Waals surface area contributed by atoms with E-state index in [-0.39, 0.29) is 23.9 Å². The van der Waals surface area contributed by atoms with Crippen LogP contribution in [0.2, 0.25) is 0 Å². The fraction of sp³-hybridized carbons (Fsp3) is 0.211. The summed E-state index contributed by atoms with van der Waals surface area (Å²) in [7, 11) is 0. The van der Waals surface area contributed by atoms with Gasteiger partial charge >= 0.3 is 0 Å². The Balaban J connectivity index is 1.43. The van der Waals surface area contributed by atoms with Gasteiger partial charge < -0.3 is 10.6 Å². The molecule has 0 bridgehead atoms. The summed E-state index contributed by atoms with van der Waals surface area (Å²) in [6.45, 7) is 1.47. The number of benzene rings is 2. The van der Waals surface area contributed by atoms with Gasteiger partial charge in [-0.1, -0.05) is 41.7 Å². The lowest BCUT2D eigenvalue weighted by Crippen LogP contribution is -2.39. The SMILES string of the molecule is CC(=O)Nc1ccc2nc(NC(=O)C3CC(c4ccccc4)NN3)sc2c1. The summed E-state index contributed by atoms with van der Waals surface area (Å²) < 4.78 is 0.899. The van der Waals surface area contributed by atoms with Crippen LogP contribution in [0.5, 0.6) is 0 Å². The molecule has 0 aliphatic carbocycles. The van der Waals surface area contributed by atoms with Gasteiger partial charge in [0.05, 0.1) is 10.2 Å². The summed E-state index contributed by atoms with van der Waals surface area (Å²) in [6, 6.07) is 15.3. The summed E-state index contributed by atoms with van der Waals surface area (Å²) in [4.78, 5) is 28.2. The van der Waals surface area contributed by atoms with Crippen LogP contribution < -0.4 is 21.5 Å². The van der Waals surface area contributed by atoms with Crippen molar-refractivity contribution in [2.45, 2.75) is 25.4 Å².